The number of hydrogen-bond acceptors (Lipinski definition) is 8. The van der Waals surface area contributed by atoms with Crippen LogP contribution in [-0.2, 0) is 10.0 Å². The highest BCUT2D eigenvalue weighted by Gasteiger charge is 2.30. The Morgan fingerprint density at radius 2 is 2.06 bits per heavy atom. The summed E-state index contributed by atoms with van der Waals surface area (Å²) < 4.78 is 42.0. The number of nitro groups is 1. The van der Waals surface area contributed by atoms with E-state index in [1.54, 1.807) is 17.0 Å². The fraction of sp³-hybridized carbons (Fsp3) is 0.263. The molecule has 0 aliphatic carbocycles. The number of nitrogens with two attached hydrogens (primary N) is 1. The largest absolute Gasteiger partial charge is 0.365 e. The molecular weight excluding hydrogens is 429 g/mol. The quantitative estimate of drug-likeness (QED) is 0.464. The Labute approximate surface area is 176 Å². The molecule has 2 aromatic carbocycles. The summed E-state index contributed by atoms with van der Waals surface area (Å²) in [6, 6.07) is 9.43. The first-order valence-corrected chi connectivity index (χ1v) is 10.9. The van der Waals surface area contributed by atoms with Gasteiger partial charge in [-0.15, -0.1) is 0 Å². The number of aromatic nitrogens is 2. The second-order valence-corrected chi connectivity index (χ2v) is 8.77. The number of piperidine rings is 1. The monoisotopic (exact) mass is 447 g/mol. The van der Waals surface area contributed by atoms with E-state index in [1.165, 1.54) is 24.3 Å². The van der Waals surface area contributed by atoms with Gasteiger partial charge < -0.3 is 9.42 Å². The molecule has 0 saturated carbocycles. The van der Waals surface area contributed by atoms with Crippen LogP contribution in [0.15, 0.2) is 51.9 Å². The van der Waals surface area contributed by atoms with Crippen LogP contribution in [0.25, 0.3) is 11.4 Å². The lowest BCUT2D eigenvalue weighted by atomic mass is 9.97. The number of sulfonamides is 1. The summed E-state index contributed by atoms with van der Waals surface area (Å²) >= 11 is 0. The minimum absolute atomic E-state index is 0.193. The van der Waals surface area contributed by atoms with E-state index in [-0.39, 0.29) is 28.0 Å². The van der Waals surface area contributed by atoms with Gasteiger partial charge in [0.2, 0.25) is 21.7 Å². The standard InChI is InChI=1S/C19H18FN5O5S/c20-14-5-1-3-12(9-14)18-22-19(30-23-18)13-4-2-8-24(11-13)16-7-6-15(31(21,28)29)10-17(16)25(26)27/h1,3,5-7,9-10,13H,2,4,8,11H2,(H2,21,28,29). The number of halogens is 1. The molecule has 2 heterocycles. The van der Waals surface area contributed by atoms with Crippen LogP contribution in [0.2, 0.25) is 0 Å². The Morgan fingerprint density at radius 3 is 2.77 bits per heavy atom. The molecule has 0 bridgehead atoms. The first-order valence-electron chi connectivity index (χ1n) is 9.38. The molecule has 1 fully saturated rings. The lowest BCUT2D eigenvalue weighted by Gasteiger charge is -2.32. The normalized spacial score (nSPS) is 17.0. The second kappa shape index (κ2) is 8.04. The van der Waals surface area contributed by atoms with Crippen LogP contribution >= 0.6 is 0 Å². The fourth-order valence-corrected chi connectivity index (χ4v) is 4.17. The van der Waals surface area contributed by atoms with Crippen LogP contribution in [0.3, 0.4) is 0 Å². The molecule has 10 nitrogen and oxygen atoms in total. The van der Waals surface area contributed by atoms with E-state index >= 15 is 0 Å². The molecule has 0 spiro atoms. The summed E-state index contributed by atoms with van der Waals surface area (Å²) in [5, 5.41) is 20.6. The van der Waals surface area contributed by atoms with Crippen molar-refractivity contribution < 1.29 is 22.3 Å². The molecular formula is C19H18FN5O5S. The minimum atomic E-state index is -4.07. The van der Waals surface area contributed by atoms with Crippen molar-refractivity contribution in [3.8, 4) is 11.4 Å². The van der Waals surface area contributed by atoms with Crippen LogP contribution < -0.4 is 10.0 Å². The lowest BCUT2D eigenvalue weighted by Crippen LogP contribution is -2.35. The zero-order chi connectivity index (χ0) is 22.2. The predicted octanol–water partition coefficient (Wildman–Crippen LogP) is 2.82. The van der Waals surface area contributed by atoms with E-state index in [0.29, 0.717) is 31.0 Å². The van der Waals surface area contributed by atoms with Gasteiger partial charge in [0, 0.05) is 24.7 Å². The number of anilines is 1. The van der Waals surface area contributed by atoms with Gasteiger partial charge in [0.1, 0.15) is 11.5 Å². The third-order valence-corrected chi connectivity index (χ3v) is 6.02. The molecule has 4 rings (SSSR count). The van der Waals surface area contributed by atoms with Gasteiger partial charge in [-0.1, -0.05) is 17.3 Å². The van der Waals surface area contributed by atoms with E-state index in [1.807, 2.05) is 0 Å². The summed E-state index contributed by atoms with van der Waals surface area (Å²) in [4.78, 5) is 16.8. The van der Waals surface area contributed by atoms with Crippen molar-refractivity contribution in [1.82, 2.24) is 10.1 Å². The molecule has 162 valence electrons. The molecule has 12 heteroatoms. The van der Waals surface area contributed by atoms with Gasteiger partial charge in [-0.2, -0.15) is 4.98 Å². The summed E-state index contributed by atoms with van der Waals surface area (Å²) in [7, 11) is -4.07. The van der Waals surface area contributed by atoms with Gasteiger partial charge in [-0.3, -0.25) is 10.1 Å². The van der Waals surface area contributed by atoms with E-state index in [0.717, 1.165) is 12.5 Å². The van der Waals surface area contributed by atoms with Crippen LogP contribution in [0.5, 0.6) is 0 Å². The SMILES string of the molecule is NS(=O)(=O)c1ccc(N2CCCC(c3nc(-c4cccc(F)c4)no3)C2)c([N+](=O)[O-])c1. The van der Waals surface area contributed by atoms with Crippen LogP contribution in [0, 0.1) is 15.9 Å². The number of nitro benzene ring substituents is 1. The van der Waals surface area contributed by atoms with Gasteiger partial charge in [0.05, 0.1) is 15.7 Å². The number of hydrogen-bond donors (Lipinski definition) is 1. The van der Waals surface area contributed by atoms with Gasteiger partial charge >= 0.3 is 0 Å². The summed E-state index contributed by atoms with van der Waals surface area (Å²) in [6.45, 7) is 0.900. The molecule has 1 aromatic heterocycles. The number of primary sulfonamides is 1. The molecule has 1 unspecified atom stereocenters. The average molecular weight is 447 g/mol. The van der Waals surface area contributed by atoms with Crippen molar-refractivity contribution in [2.24, 2.45) is 5.14 Å². The van der Waals surface area contributed by atoms with Crippen molar-refractivity contribution in [3.63, 3.8) is 0 Å². The maximum Gasteiger partial charge on any atom is 0.293 e. The Bertz CT molecular complexity index is 1250. The van der Waals surface area contributed by atoms with Gasteiger partial charge in [0.15, 0.2) is 0 Å². The smallest absolute Gasteiger partial charge is 0.293 e. The van der Waals surface area contributed by atoms with Crippen molar-refractivity contribution in [1.29, 1.82) is 0 Å². The third-order valence-electron chi connectivity index (χ3n) is 5.11. The Hall–Kier alpha value is -3.38. The van der Waals surface area contributed by atoms with Crippen LogP contribution in [0.1, 0.15) is 24.7 Å². The van der Waals surface area contributed by atoms with Gasteiger partial charge in [-0.05, 0) is 37.1 Å². The first kappa shape index (κ1) is 20.9. The molecule has 1 atom stereocenters. The van der Waals surface area contributed by atoms with Crippen molar-refractivity contribution in [2.75, 3.05) is 18.0 Å². The number of rotatable bonds is 5. The highest BCUT2D eigenvalue weighted by molar-refractivity contribution is 7.89. The molecule has 0 radical (unpaired) electrons. The maximum atomic E-state index is 13.5. The molecule has 2 N–H and O–H groups in total. The summed E-state index contributed by atoms with van der Waals surface area (Å²) in [5.74, 6) is 0.00639. The lowest BCUT2D eigenvalue weighted by molar-refractivity contribution is -0.384. The van der Waals surface area contributed by atoms with Gasteiger partial charge in [-0.25, -0.2) is 17.9 Å². The molecule has 31 heavy (non-hydrogen) atoms. The number of nitrogens with zero attached hydrogens (tertiary/aromatic N) is 4. The van der Waals surface area contributed by atoms with E-state index in [9.17, 15) is 22.9 Å². The Morgan fingerprint density at radius 1 is 1.26 bits per heavy atom. The van der Waals surface area contributed by atoms with E-state index in [2.05, 4.69) is 10.1 Å². The number of benzene rings is 2. The highest BCUT2D eigenvalue weighted by atomic mass is 32.2. The molecule has 0 amide bonds. The molecule has 1 saturated heterocycles. The zero-order valence-electron chi connectivity index (χ0n) is 16.1. The average Bonchev–Trinajstić information content (AvgIpc) is 3.23. The van der Waals surface area contributed by atoms with Gasteiger partial charge in [0.25, 0.3) is 5.69 Å². The van der Waals surface area contributed by atoms with Crippen molar-refractivity contribution in [3.05, 3.63) is 64.3 Å². The predicted molar refractivity (Wildman–Crippen MR) is 108 cm³/mol. The highest BCUT2D eigenvalue weighted by Crippen LogP contribution is 2.36. The summed E-state index contributed by atoms with van der Waals surface area (Å²) in [5.41, 5.74) is 0.419. The molecule has 3 aromatic rings. The fourth-order valence-electron chi connectivity index (χ4n) is 3.64. The third kappa shape index (κ3) is 4.39. The Kier molecular flexibility index (Phi) is 5.41. The maximum absolute atomic E-state index is 13.5. The zero-order valence-corrected chi connectivity index (χ0v) is 17.0. The van der Waals surface area contributed by atoms with E-state index < -0.39 is 20.8 Å². The minimum Gasteiger partial charge on any atom is -0.365 e. The first-order chi connectivity index (χ1) is 14.7. The Balaban J connectivity index is 1.60. The topological polar surface area (TPSA) is 145 Å². The van der Waals surface area contributed by atoms with Crippen molar-refractivity contribution >= 4 is 21.4 Å². The molecule has 1 aliphatic heterocycles. The molecule has 1 aliphatic rings. The van der Waals surface area contributed by atoms with E-state index in [4.69, 9.17) is 9.66 Å². The van der Waals surface area contributed by atoms with Crippen molar-refractivity contribution in [2.45, 2.75) is 23.7 Å². The van der Waals surface area contributed by atoms with Crippen LogP contribution in [0.4, 0.5) is 15.8 Å². The summed E-state index contributed by atoms with van der Waals surface area (Å²) in [6.07, 6.45) is 1.43. The second-order valence-electron chi connectivity index (χ2n) is 7.20. The van der Waals surface area contributed by atoms with Crippen LogP contribution in [-0.4, -0.2) is 36.6 Å².